The van der Waals surface area contributed by atoms with Gasteiger partial charge in [0.05, 0.1) is 16.9 Å². The van der Waals surface area contributed by atoms with E-state index in [4.69, 9.17) is 11.6 Å². The van der Waals surface area contributed by atoms with Crippen LogP contribution in [0.15, 0.2) is 36.4 Å². The van der Waals surface area contributed by atoms with Gasteiger partial charge in [-0.05, 0) is 43.5 Å². The smallest absolute Gasteiger partial charge is 0.327 e. The Bertz CT molecular complexity index is 880. The lowest BCUT2D eigenvalue weighted by molar-refractivity contribution is 0.0985. The van der Waals surface area contributed by atoms with Gasteiger partial charge in [0.25, 0.3) is 5.91 Å². The van der Waals surface area contributed by atoms with Crippen LogP contribution in [-0.4, -0.2) is 42.0 Å². The minimum atomic E-state index is -0.342. The minimum Gasteiger partial charge on any atom is -0.327 e. The fraction of sp³-hybridized carbons (Fsp3) is 0.316. The van der Waals surface area contributed by atoms with E-state index >= 15 is 0 Å². The number of piperidine rings is 1. The zero-order valence-electron chi connectivity index (χ0n) is 14.5. The first-order chi connectivity index (χ1) is 12.6. The average Bonchev–Trinajstić information content (AvgIpc) is 2.77. The molecule has 3 heterocycles. The second-order valence-corrected chi connectivity index (χ2v) is 6.91. The van der Waals surface area contributed by atoms with Gasteiger partial charge in [-0.15, -0.1) is 0 Å². The van der Waals surface area contributed by atoms with Gasteiger partial charge in [-0.3, -0.25) is 4.79 Å². The van der Waals surface area contributed by atoms with Crippen molar-refractivity contribution in [2.24, 2.45) is 0 Å². The minimum absolute atomic E-state index is 0.301. The van der Waals surface area contributed by atoms with Crippen molar-refractivity contribution in [1.29, 1.82) is 0 Å². The molecule has 0 spiro atoms. The fourth-order valence-electron chi connectivity index (χ4n) is 3.55. The zero-order valence-corrected chi connectivity index (χ0v) is 15.2. The monoisotopic (exact) mass is 370 g/mol. The number of rotatable bonds is 0. The van der Waals surface area contributed by atoms with E-state index < -0.39 is 0 Å². The summed E-state index contributed by atoms with van der Waals surface area (Å²) >= 11 is 6.10. The second kappa shape index (κ2) is 6.61. The highest BCUT2D eigenvalue weighted by molar-refractivity contribution is 6.30. The number of likely N-dealkylation sites (tertiary alicyclic amines) is 1. The summed E-state index contributed by atoms with van der Waals surface area (Å²) in [6.45, 7) is 1.33. The maximum Gasteiger partial charge on any atom is 0.331 e. The first kappa shape index (κ1) is 16.8. The largest absolute Gasteiger partial charge is 0.331 e. The summed E-state index contributed by atoms with van der Waals surface area (Å²) < 4.78 is 0. The van der Waals surface area contributed by atoms with Crippen molar-refractivity contribution < 1.29 is 9.59 Å². The van der Waals surface area contributed by atoms with E-state index in [1.807, 2.05) is 19.2 Å². The van der Waals surface area contributed by atoms with Gasteiger partial charge in [0.15, 0.2) is 5.82 Å². The van der Waals surface area contributed by atoms with E-state index in [0.29, 0.717) is 41.0 Å². The van der Waals surface area contributed by atoms with Crippen LogP contribution in [0.2, 0.25) is 5.15 Å². The molecule has 2 aliphatic heterocycles. The number of benzene rings is 1. The predicted octanol–water partition coefficient (Wildman–Crippen LogP) is 4.07. The van der Waals surface area contributed by atoms with Gasteiger partial charge >= 0.3 is 6.03 Å². The lowest BCUT2D eigenvalue weighted by Crippen LogP contribution is -2.48. The van der Waals surface area contributed by atoms with Crippen LogP contribution in [0.4, 0.5) is 22.0 Å². The first-order valence-electron chi connectivity index (χ1n) is 8.70. The average molecular weight is 371 g/mol. The topological polar surface area (TPSA) is 56.8 Å². The molecule has 26 heavy (non-hydrogen) atoms. The van der Waals surface area contributed by atoms with Crippen LogP contribution in [0.1, 0.15) is 29.6 Å². The molecule has 1 fully saturated rings. The van der Waals surface area contributed by atoms with Gasteiger partial charge in [0.2, 0.25) is 0 Å². The van der Waals surface area contributed by atoms with Crippen LogP contribution < -0.4 is 9.80 Å². The van der Waals surface area contributed by atoms with Crippen LogP contribution in [0.3, 0.4) is 0 Å². The van der Waals surface area contributed by atoms with Crippen LogP contribution in [0.25, 0.3) is 0 Å². The number of urea groups is 1. The normalized spacial score (nSPS) is 16.8. The molecule has 134 valence electrons. The van der Waals surface area contributed by atoms with E-state index in [1.165, 1.54) is 4.90 Å². The summed E-state index contributed by atoms with van der Waals surface area (Å²) in [7, 11) is 1.82. The van der Waals surface area contributed by atoms with Gasteiger partial charge in [-0.2, -0.15) is 0 Å². The zero-order chi connectivity index (χ0) is 18.3. The van der Waals surface area contributed by atoms with E-state index in [0.717, 1.165) is 19.3 Å². The number of amides is 3. The molecule has 1 aromatic heterocycles. The molecule has 1 aromatic carbocycles. The number of halogens is 1. The number of carbonyl (C=O) groups is 2. The van der Waals surface area contributed by atoms with Crippen molar-refractivity contribution in [3.8, 4) is 0 Å². The van der Waals surface area contributed by atoms with Crippen molar-refractivity contribution in [2.45, 2.75) is 19.3 Å². The molecule has 6 nitrogen and oxygen atoms in total. The molecule has 0 bridgehead atoms. The Morgan fingerprint density at radius 1 is 1.04 bits per heavy atom. The maximum absolute atomic E-state index is 13.3. The number of nitrogens with zero attached hydrogens (tertiary/aromatic N) is 4. The lowest BCUT2D eigenvalue weighted by Gasteiger charge is -2.32. The highest BCUT2D eigenvalue weighted by atomic mass is 35.5. The molecule has 0 atom stereocenters. The Morgan fingerprint density at radius 2 is 1.77 bits per heavy atom. The Balaban J connectivity index is 1.88. The molecule has 0 radical (unpaired) electrons. The number of carbonyl (C=O) groups excluding carboxylic acids is 2. The first-order valence-corrected chi connectivity index (χ1v) is 9.08. The number of anilines is 3. The third kappa shape index (κ3) is 2.70. The number of pyridine rings is 1. The number of hydrogen-bond acceptors (Lipinski definition) is 4. The summed E-state index contributed by atoms with van der Waals surface area (Å²) in [4.78, 5) is 35.7. The molecule has 0 unspecified atom stereocenters. The Hall–Kier alpha value is -2.60. The highest BCUT2D eigenvalue weighted by Crippen LogP contribution is 2.39. The van der Waals surface area contributed by atoms with E-state index in [-0.39, 0.29) is 11.9 Å². The number of para-hydroxylation sites is 1. The Kier molecular flexibility index (Phi) is 4.28. The maximum atomic E-state index is 13.3. The van der Waals surface area contributed by atoms with Crippen molar-refractivity contribution in [3.05, 3.63) is 47.1 Å². The van der Waals surface area contributed by atoms with E-state index in [1.54, 1.807) is 34.1 Å². The summed E-state index contributed by atoms with van der Waals surface area (Å²) in [5.74, 6) is 0.145. The molecule has 3 amide bonds. The van der Waals surface area contributed by atoms with Crippen LogP contribution in [-0.2, 0) is 0 Å². The molecule has 2 aliphatic rings. The summed E-state index contributed by atoms with van der Waals surface area (Å²) in [6, 6.07) is 10.2. The number of fused-ring (bicyclic) bond motifs is 2. The van der Waals surface area contributed by atoms with Crippen molar-refractivity contribution in [1.82, 2.24) is 9.88 Å². The van der Waals surface area contributed by atoms with Gasteiger partial charge in [0, 0.05) is 20.1 Å². The number of hydrogen-bond donors (Lipinski definition) is 0. The fourth-order valence-corrected chi connectivity index (χ4v) is 3.69. The molecule has 1 saturated heterocycles. The predicted molar refractivity (Wildman–Crippen MR) is 101 cm³/mol. The second-order valence-electron chi connectivity index (χ2n) is 6.52. The standard InChI is InChI=1S/C19H19ClN4O2/c1-22-14-8-4-3-7-13(14)18(25)24(15-9-10-16(20)21-17(15)22)19(26)23-11-5-2-6-12-23/h3-4,7-10H,2,5-6,11-12H2,1H3. The third-order valence-corrected chi connectivity index (χ3v) is 5.11. The SMILES string of the molecule is CN1c2ccccc2C(=O)N(C(=O)N2CCCCC2)c2ccc(Cl)nc21. The van der Waals surface area contributed by atoms with E-state index in [9.17, 15) is 9.59 Å². The third-order valence-electron chi connectivity index (χ3n) is 4.90. The molecule has 4 rings (SSSR count). The summed E-state index contributed by atoms with van der Waals surface area (Å²) in [5.41, 5.74) is 1.62. The molecular formula is C19H19ClN4O2. The quantitative estimate of drug-likeness (QED) is 0.656. The molecule has 2 aromatic rings. The van der Waals surface area contributed by atoms with Gasteiger partial charge in [0.1, 0.15) is 5.15 Å². The Labute approximate surface area is 157 Å². The lowest BCUT2D eigenvalue weighted by atomic mass is 10.1. The van der Waals surface area contributed by atoms with Crippen LogP contribution in [0, 0.1) is 0 Å². The molecule has 0 aliphatic carbocycles. The van der Waals surface area contributed by atoms with Crippen molar-refractivity contribution >= 4 is 40.7 Å². The Morgan fingerprint density at radius 3 is 2.54 bits per heavy atom. The van der Waals surface area contributed by atoms with E-state index in [2.05, 4.69) is 4.98 Å². The van der Waals surface area contributed by atoms with Gasteiger partial charge in [-0.1, -0.05) is 23.7 Å². The molecule has 7 heteroatoms. The summed E-state index contributed by atoms with van der Waals surface area (Å²) in [6.07, 6.45) is 3.02. The molecule has 0 N–H and O–H groups in total. The number of imide groups is 1. The highest BCUT2D eigenvalue weighted by Gasteiger charge is 2.36. The summed E-state index contributed by atoms with van der Waals surface area (Å²) in [5, 5.41) is 0.313. The van der Waals surface area contributed by atoms with Gasteiger partial charge in [-0.25, -0.2) is 14.7 Å². The van der Waals surface area contributed by atoms with Gasteiger partial charge < -0.3 is 9.80 Å². The van der Waals surface area contributed by atoms with Crippen LogP contribution in [0.5, 0.6) is 0 Å². The molecule has 0 saturated carbocycles. The van der Waals surface area contributed by atoms with Crippen LogP contribution >= 0.6 is 11.6 Å². The molecular weight excluding hydrogens is 352 g/mol. The number of aromatic nitrogens is 1. The van der Waals surface area contributed by atoms with Crippen molar-refractivity contribution in [3.63, 3.8) is 0 Å². The van der Waals surface area contributed by atoms with Crippen molar-refractivity contribution in [2.75, 3.05) is 29.9 Å².